The number of rotatable bonds is 3. The number of benzene rings is 1. The maximum Gasteiger partial charge on any atom is 0.349 e. The summed E-state index contributed by atoms with van der Waals surface area (Å²) in [4.78, 5) is 40.9. The van der Waals surface area contributed by atoms with Gasteiger partial charge in [0, 0.05) is 36.4 Å². The van der Waals surface area contributed by atoms with Crippen molar-refractivity contribution in [2.24, 2.45) is 0 Å². The normalized spacial score (nSPS) is 14.5. The first-order valence-electron chi connectivity index (χ1n) is 10.4. The van der Waals surface area contributed by atoms with Gasteiger partial charge in [0.15, 0.2) is 0 Å². The van der Waals surface area contributed by atoms with Gasteiger partial charge in [0.05, 0.1) is 5.39 Å². The third kappa shape index (κ3) is 3.57. The minimum absolute atomic E-state index is 0.0813. The Kier molecular flexibility index (Phi) is 4.94. The third-order valence-corrected chi connectivity index (χ3v) is 6.80. The molecular weight excluding hydrogens is 412 g/mol. The molecule has 1 aromatic carbocycles. The molecule has 7 nitrogen and oxygen atoms in total. The number of hydrogen-bond acceptors (Lipinski definition) is 7. The lowest BCUT2D eigenvalue weighted by Crippen LogP contribution is -2.49. The van der Waals surface area contributed by atoms with Gasteiger partial charge in [0.1, 0.15) is 27.6 Å². The molecule has 0 aliphatic carbocycles. The van der Waals surface area contributed by atoms with Gasteiger partial charge in [-0.3, -0.25) is 4.79 Å². The van der Waals surface area contributed by atoms with Crippen molar-refractivity contribution in [1.29, 1.82) is 0 Å². The van der Waals surface area contributed by atoms with Gasteiger partial charge in [-0.25, -0.2) is 14.8 Å². The Morgan fingerprint density at radius 3 is 2.68 bits per heavy atom. The fourth-order valence-corrected chi connectivity index (χ4v) is 4.99. The fourth-order valence-electron chi connectivity index (χ4n) is 3.98. The Labute approximate surface area is 182 Å². The molecule has 1 aliphatic heterocycles. The quantitative estimate of drug-likeness (QED) is 0.458. The van der Waals surface area contributed by atoms with Crippen LogP contribution < -0.4 is 10.5 Å². The lowest BCUT2D eigenvalue weighted by atomic mass is 10.1. The molecule has 0 N–H and O–H groups in total. The summed E-state index contributed by atoms with van der Waals surface area (Å²) in [7, 11) is 0. The largest absolute Gasteiger partial charge is 0.422 e. The summed E-state index contributed by atoms with van der Waals surface area (Å²) in [5.74, 6) is 1.39. The number of anilines is 1. The molecule has 5 rings (SSSR count). The first-order chi connectivity index (χ1) is 15.0. The number of piperazine rings is 1. The van der Waals surface area contributed by atoms with E-state index in [-0.39, 0.29) is 11.5 Å². The minimum atomic E-state index is -0.593. The summed E-state index contributed by atoms with van der Waals surface area (Å²) in [5, 5.41) is 1.81. The van der Waals surface area contributed by atoms with Crippen molar-refractivity contribution in [2.45, 2.75) is 20.3 Å². The van der Waals surface area contributed by atoms with Gasteiger partial charge in [0.25, 0.3) is 5.91 Å². The number of carbonyl (C=O) groups excluding carboxylic acids is 1. The van der Waals surface area contributed by atoms with E-state index in [1.807, 2.05) is 19.1 Å². The molecule has 1 fully saturated rings. The van der Waals surface area contributed by atoms with Crippen LogP contribution >= 0.6 is 11.3 Å². The number of aromatic nitrogens is 2. The molecular formula is C23H22N4O3S. The predicted molar refractivity (Wildman–Crippen MR) is 122 cm³/mol. The Balaban J connectivity index is 1.38. The van der Waals surface area contributed by atoms with Crippen LogP contribution in [0.5, 0.6) is 0 Å². The van der Waals surface area contributed by atoms with Crippen molar-refractivity contribution in [3.05, 3.63) is 63.1 Å². The van der Waals surface area contributed by atoms with Crippen LogP contribution in [0.1, 0.15) is 28.0 Å². The molecule has 4 aromatic rings. The van der Waals surface area contributed by atoms with E-state index in [4.69, 9.17) is 9.40 Å². The lowest BCUT2D eigenvalue weighted by molar-refractivity contribution is 0.0742. The summed E-state index contributed by atoms with van der Waals surface area (Å²) >= 11 is 1.71. The molecule has 1 aliphatic rings. The first-order valence-corrected chi connectivity index (χ1v) is 11.2. The second kappa shape index (κ2) is 7.77. The van der Waals surface area contributed by atoms with Crippen LogP contribution in [0.15, 0.2) is 45.6 Å². The Bertz CT molecular complexity index is 1350. The number of aryl methyl sites for hydroxylation is 2. The topological polar surface area (TPSA) is 79.5 Å². The van der Waals surface area contributed by atoms with Crippen LogP contribution in [0.2, 0.25) is 0 Å². The predicted octanol–water partition coefficient (Wildman–Crippen LogP) is 3.63. The molecule has 0 unspecified atom stereocenters. The molecule has 0 radical (unpaired) electrons. The summed E-state index contributed by atoms with van der Waals surface area (Å²) in [6.45, 7) is 6.37. The maximum absolute atomic E-state index is 13.0. The van der Waals surface area contributed by atoms with Crippen LogP contribution in [-0.4, -0.2) is 47.0 Å². The summed E-state index contributed by atoms with van der Waals surface area (Å²) < 4.78 is 5.34. The number of carbonyl (C=O) groups is 1. The number of amides is 1. The summed E-state index contributed by atoms with van der Waals surface area (Å²) in [6.07, 6.45) is 0.968. The average Bonchev–Trinajstić information content (AvgIpc) is 3.21. The second-order valence-corrected chi connectivity index (χ2v) is 8.76. The van der Waals surface area contributed by atoms with Crippen LogP contribution in [0.3, 0.4) is 0 Å². The van der Waals surface area contributed by atoms with E-state index in [0.717, 1.165) is 33.7 Å². The standard InChI is InChI=1S/C23H22N4O3S/c1-3-16-13-17-20(24-14(2)25-21(17)31-16)26-8-10-27(11-9-26)22(28)18-12-15-6-4-5-7-19(15)30-23(18)29/h4-7,12-13H,3,8-11H2,1-2H3. The fraction of sp³-hybridized carbons (Fsp3) is 0.304. The van der Waals surface area contributed by atoms with Crippen molar-refractivity contribution >= 4 is 44.2 Å². The molecule has 0 saturated carbocycles. The molecule has 1 amide bonds. The van der Waals surface area contributed by atoms with Gasteiger partial charge in [-0.2, -0.15) is 0 Å². The highest BCUT2D eigenvalue weighted by Crippen LogP contribution is 2.32. The van der Waals surface area contributed by atoms with E-state index in [1.54, 1.807) is 34.4 Å². The highest BCUT2D eigenvalue weighted by molar-refractivity contribution is 7.18. The Morgan fingerprint density at radius 1 is 1.13 bits per heavy atom. The van der Waals surface area contributed by atoms with Crippen LogP contribution in [-0.2, 0) is 6.42 Å². The van der Waals surface area contributed by atoms with Crippen molar-refractivity contribution in [2.75, 3.05) is 31.1 Å². The maximum atomic E-state index is 13.0. The van der Waals surface area contributed by atoms with E-state index < -0.39 is 5.63 Å². The van der Waals surface area contributed by atoms with Gasteiger partial charge in [-0.15, -0.1) is 11.3 Å². The van der Waals surface area contributed by atoms with E-state index in [9.17, 15) is 9.59 Å². The van der Waals surface area contributed by atoms with Gasteiger partial charge in [-0.1, -0.05) is 25.1 Å². The number of nitrogens with zero attached hydrogens (tertiary/aromatic N) is 4. The molecule has 0 bridgehead atoms. The molecule has 3 aromatic heterocycles. The van der Waals surface area contributed by atoms with Crippen LogP contribution in [0.4, 0.5) is 5.82 Å². The van der Waals surface area contributed by atoms with E-state index >= 15 is 0 Å². The highest BCUT2D eigenvalue weighted by Gasteiger charge is 2.27. The first kappa shape index (κ1) is 19.7. The SMILES string of the molecule is CCc1cc2c(N3CCN(C(=O)c4cc5ccccc5oc4=O)CC3)nc(C)nc2s1. The average molecular weight is 435 g/mol. The minimum Gasteiger partial charge on any atom is -0.422 e. The van der Waals surface area contributed by atoms with E-state index in [2.05, 4.69) is 22.9 Å². The monoisotopic (exact) mass is 434 g/mol. The zero-order valence-corrected chi connectivity index (χ0v) is 18.2. The second-order valence-electron chi connectivity index (χ2n) is 7.64. The summed E-state index contributed by atoms with van der Waals surface area (Å²) in [6, 6.07) is 11.0. The van der Waals surface area contributed by atoms with Crippen LogP contribution in [0.25, 0.3) is 21.2 Å². The smallest absolute Gasteiger partial charge is 0.349 e. The number of hydrogen-bond donors (Lipinski definition) is 0. The molecule has 1 saturated heterocycles. The molecule has 0 atom stereocenters. The zero-order valence-electron chi connectivity index (χ0n) is 17.4. The zero-order chi connectivity index (χ0) is 21.5. The lowest BCUT2D eigenvalue weighted by Gasteiger charge is -2.35. The summed E-state index contributed by atoms with van der Waals surface area (Å²) in [5.41, 5.74) is -0.0262. The third-order valence-electron chi connectivity index (χ3n) is 5.62. The number of para-hydroxylation sites is 1. The number of fused-ring (bicyclic) bond motifs is 2. The van der Waals surface area contributed by atoms with Gasteiger partial charge >= 0.3 is 5.63 Å². The van der Waals surface area contributed by atoms with Crippen LogP contribution in [0, 0.1) is 6.92 Å². The Hall–Kier alpha value is -3.26. The molecule has 8 heteroatoms. The molecule has 4 heterocycles. The molecule has 0 spiro atoms. The van der Waals surface area contributed by atoms with Gasteiger partial charge in [-0.05, 0) is 31.5 Å². The van der Waals surface area contributed by atoms with Gasteiger partial charge in [0.2, 0.25) is 0 Å². The highest BCUT2D eigenvalue weighted by atomic mass is 32.1. The van der Waals surface area contributed by atoms with E-state index in [1.165, 1.54) is 4.88 Å². The van der Waals surface area contributed by atoms with E-state index in [0.29, 0.717) is 31.8 Å². The molecule has 31 heavy (non-hydrogen) atoms. The van der Waals surface area contributed by atoms with Crippen molar-refractivity contribution in [1.82, 2.24) is 14.9 Å². The Morgan fingerprint density at radius 2 is 1.90 bits per heavy atom. The van der Waals surface area contributed by atoms with Crippen molar-refractivity contribution < 1.29 is 9.21 Å². The number of thiophene rings is 1. The van der Waals surface area contributed by atoms with Crippen molar-refractivity contribution in [3.63, 3.8) is 0 Å². The van der Waals surface area contributed by atoms with Gasteiger partial charge < -0.3 is 14.2 Å². The molecule has 158 valence electrons. The van der Waals surface area contributed by atoms with Crippen molar-refractivity contribution in [3.8, 4) is 0 Å².